The first kappa shape index (κ1) is 24.1. The molecule has 0 aliphatic heterocycles. The lowest BCUT2D eigenvalue weighted by atomic mass is 10.1. The molecule has 0 aliphatic carbocycles. The number of methoxy groups -OCH3 is 1. The molecule has 0 fully saturated rings. The molecule has 0 unspecified atom stereocenters. The van der Waals surface area contributed by atoms with Crippen LogP contribution in [0.4, 0.5) is 5.69 Å². The molecule has 2 aromatic carbocycles. The van der Waals surface area contributed by atoms with Gasteiger partial charge in [-0.3, -0.25) is 9.20 Å². The number of pyridine rings is 1. The van der Waals surface area contributed by atoms with Gasteiger partial charge in [0.25, 0.3) is 5.91 Å². The number of carbonyl (C=O) groups excluding carboxylic acids is 2. The fourth-order valence-electron chi connectivity index (χ4n) is 3.29. The van der Waals surface area contributed by atoms with Crippen molar-refractivity contribution in [2.24, 2.45) is 0 Å². The second kappa shape index (κ2) is 10.0. The average Bonchev–Trinajstić information content (AvgIpc) is 3.14. The van der Waals surface area contributed by atoms with E-state index < -0.39 is 11.9 Å². The van der Waals surface area contributed by atoms with Gasteiger partial charge >= 0.3 is 5.97 Å². The quantitative estimate of drug-likeness (QED) is 0.278. The predicted molar refractivity (Wildman–Crippen MR) is 134 cm³/mol. The first-order valence-electron chi connectivity index (χ1n) is 10.0. The van der Waals surface area contributed by atoms with Crippen LogP contribution in [0.3, 0.4) is 0 Å². The number of aryl methyl sites for hydroxylation is 1. The summed E-state index contributed by atoms with van der Waals surface area (Å²) in [5.41, 5.74) is 3.08. The van der Waals surface area contributed by atoms with Gasteiger partial charge in [-0.2, -0.15) is 0 Å². The van der Waals surface area contributed by atoms with Crippen LogP contribution < -0.4 is 10.1 Å². The van der Waals surface area contributed by atoms with Gasteiger partial charge < -0.3 is 14.8 Å². The molecule has 34 heavy (non-hydrogen) atoms. The highest BCUT2D eigenvalue weighted by atomic mass is 79.9. The van der Waals surface area contributed by atoms with E-state index in [4.69, 9.17) is 27.9 Å². The Hall–Kier alpha value is -3.07. The Kier molecular flexibility index (Phi) is 7.11. The summed E-state index contributed by atoms with van der Waals surface area (Å²) in [6.07, 6.45) is 1.88. The van der Waals surface area contributed by atoms with Crippen LogP contribution in [-0.2, 0) is 11.3 Å². The number of nitrogens with one attached hydrogen (secondary N) is 1. The van der Waals surface area contributed by atoms with E-state index in [9.17, 15) is 9.59 Å². The molecular formula is C24H18BrCl2N3O4. The molecule has 2 aromatic heterocycles. The number of imidazole rings is 1. The van der Waals surface area contributed by atoms with E-state index in [-0.39, 0.29) is 11.6 Å². The van der Waals surface area contributed by atoms with Crippen molar-refractivity contribution >= 4 is 62.3 Å². The second-order valence-corrected chi connectivity index (χ2v) is 8.79. The van der Waals surface area contributed by atoms with Crippen LogP contribution in [0, 0.1) is 6.92 Å². The minimum Gasteiger partial charge on any atom is -0.485 e. The molecule has 0 radical (unpaired) electrons. The second-order valence-electron chi connectivity index (χ2n) is 7.25. The highest BCUT2D eigenvalue weighted by Gasteiger charge is 2.17. The Balaban J connectivity index is 1.54. The van der Waals surface area contributed by atoms with E-state index in [2.05, 4.69) is 31.0 Å². The number of ether oxygens (including phenoxy) is 2. The summed E-state index contributed by atoms with van der Waals surface area (Å²) < 4.78 is 13.4. The largest absolute Gasteiger partial charge is 0.485 e. The van der Waals surface area contributed by atoms with Gasteiger partial charge in [0.15, 0.2) is 11.4 Å². The number of nitrogens with zero attached hydrogens (tertiary/aromatic N) is 2. The van der Waals surface area contributed by atoms with E-state index in [1.165, 1.54) is 31.4 Å². The van der Waals surface area contributed by atoms with Crippen LogP contribution in [0.1, 0.15) is 32.0 Å². The van der Waals surface area contributed by atoms with Crippen LogP contribution >= 0.6 is 39.1 Å². The molecule has 0 aliphatic rings. The van der Waals surface area contributed by atoms with Crippen molar-refractivity contribution in [2.45, 2.75) is 13.5 Å². The summed E-state index contributed by atoms with van der Waals surface area (Å²) >= 11 is 16.5. The standard InChI is InChI=1S/C24H18BrCl2N3O4/c1-13-21(25)30-11-3-4-19(22(30)28-13)34-12-16-17(26)9-10-18(20(16)27)29-23(31)14-5-7-15(8-6-14)24(32)33-2/h3-11H,12H2,1-2H3,(H,29,31). The van der Waals surface area contributed by atoms with Gasteiger partial charge in [0.2, 0.25) is 0 Å². The molecular weight excluding hydrogens is 545 g/mol. The maximum atomic E-state index is 12.7. The molecule has 7 nitrogen and oxygen atoms in total. The Morgan fingerprint density at radius 2 is 1.79 bits per heavy atom. The SMILES string of the molecule is COC(=O)c1ccc(C(=O)Nc2ccc(Cl)c(COc3cccn4c(Br)c(C)nc34)c2Cl)cc1. The maximum absolute atomic E-state index is 12.7. The highest BCUT2D eigenvalue weighted by molar-refractivity contribution is 9.10. The Labute approximate surface area is 213 Å². The van der Waals surface area contributed by atoms with Crippen molar-refractivity contribution in [3.63, 3.8) is 0 Å². The normalized spacial score (nSPS) is 10.9. The molecule has 0 atom stereocenters. The summed E-state index contributed by atoms with van der Waals surface area (Å²) in [6, 6.07) is 13.0. The van der Waals surface area contributed by atoms with Crippen LogP contribution in [0.5, 0.6) is 5.75 Å². The van der Waals surface area contributed by atoms with E-state index >= 15 is 0 Å². The first-order chi connectivity index (χ1) is 16.3. The van der Waals surface area contributed by atoms with Crippen molar-refractivity contribution in [3.05, 3.63) is 91.8 Å². The number of rotatable bonds is 6. The zero-order valence-electron chi connectivity index (χ0n) is 18.1. The first-order valence-corrected chi connectivity index (χ1v) is 11.6. The summed E-state index contributed by atoms with van der Waals surface area (Å²) in [5, 5.41) is 3.44. The summed E-state index contributed by atoms with van der Waals surface area (Å²) in [6.45, 7) is 1.96. The number of benzene rings is 2. The molecule has 4 aromatic rings. The van der Waals surface area contributed by atoms with Crippen LogP contribution in [0.2, 0.25) is 10.0 Å². The number of anilines is 1. The maximum Gasteiger partial charge on any atom is 0.337 e. The highest BCUT2D eigenvalue weighted by Crippen LogP contribution is 2.34. The monoisotopic (exact) mass is 561 g/mol. The van der Waals surface area contributed by atoms with Gasteiger partial charge in [-0.15, -0.1) is 0 Å². The van der Waals surface area contributed by atoms with Crippen molar-refractivity contribution in [1.82, 2.24) is 9.38 Å². The van der Waals surface area contributed by atoms with Crippen molar-refractivity contribution < 1.29 is 19.1 Å². The Morgan fingerprint density at radius 1 is 1.09 bits per heavy atom. The third-order valence-electron chi connectivity index (χ3n) is 5.09. The molecule has 0 saturated carbocycles. The fraction of sp³-hybridized carbons (Fsp3) is 0.125. The van der Waals surface area contributed by atoms with Crippen LogP contribution in [-0.4, -0.2) is 28.4 Å². The summed E-state index contributed by atoms with van der Waals surface area (Å²) in [5.74, 6) is -0.315. The summed E-state index contributed by atoms with van der Waals surface area (Å²) in [4.78, 5) is 28.8. The molecule has 174 valence electrons. The smallest absolute Gasteiger partial charge is 0.337 e. The third-order valence-corrected chi connectivity index (χ3v) is 6.83. The molecule has 0 spiro atoms. The van der Waals surface area contributed by atoms with E-state index in [1.807, 2.05) is 23.6 Å². The molecule has 1 amide bonds. The predicted octanol–water partition coefficient (Wildman–Crippen LogP) is 6.33. The number of halogens is 3. The molecule has 4 rings (SSSR count). The van der Waals surface area contributed by atoms with Crippen molar-refractivity contribution in [3.8, 4) is 5.75 Å². The van der Waals surface area contributed by atoms with E-state index in [0.717, 1.165) is 10.3 Å². The van der Waals surface area contributed by atoms with Gasteiger partial charge in [0.05, 0.1) is 29.1 Å². The molecule has 1 N–H and O–H groups in total. The van der Waals surface area contributed by atoms with Gasteiger partial charge in [0, 0.05) is 22.3 Å². The van der Waals surface area contributed by atoms with Gasteiger partial charge in [0.1, 0.15) is 11.2 Å². The third kappa shape index (κ3) is 4.75. The zero-order valence-corrected chi connectivity index (χ0v) is 21.2. The number of esters is 1. The Bertz CT molecular complexity index is 1400. The number of amides is 1. The van der Waals surface area contributed by atoms with Crippen LogP contribution in [0.25, 0.3) is 5.65 Å². The van der Waals surface area contributed by atoms with E-state index in [1.54, 1.807) is 18.2 Å². The topological polar surface area (TPSA) is 81.9 Å². The minimum atomic E-state index is -0.481. The number of carbonyl (C=O) groups is 2. The fourth-order valence-corrected chi connectivity index (χ4v) is 4.19. The number of fused-ring (bicyclic) bond motifs is 1. The molecule has 2 heterocycles. The zero-order chi connectivity index (χ0) is 24.4. The molecule has 0 saturated heterocycles. The summed E-state index contributed by atoms with van der Waals surface area (Å²) in [7, 11) is 1.29. The number of hydrogen-bond acceptors (Lipinski definition) is 5. The lowest BCUT2D eigenvalue weighted by molar-refractivity contribution is 0.0600. The van der Waals surface area contributed by atoms with Gasteiger partial charge in [-0.1, -0.05) is 23.2 Å². The van der Waals surface area contributed by atoms with Gasteiger partial charge in [-0.05, 0) is 71.4 Å². The lowest BCUT2D eigenvalue weighted by Crippen LogP contribution is -2.13. The molecule has 0 bridgehead atoms. The van der Waals surface area contributed by atoms with Crippen molar-refractivity contribution in [2.75, 3.05) is 12.4 Å². The minimum absolute atomic E-state index is 0.0679. The van der Waals surface area contributed by atoms with Crippen molar-refractivity contribution in [1.29, 1.82) is 0 Å². The number of hydrogen-bond donors (Lipinski definition) is 1. The van der Waals surface area contributed by atoms with Crippen LogP contribution in [0.15, 0.2) is 59.3 Å². The number of aromatic nitrogens is 2. The Morgan fingerprint density at radius 3 is 2.50 bits per heavy atom. The van der Waals surface area contributed by atoms with Gasteiger partial charge in [-0.25, -0.2) is 9.78 Å². The average molecular weight is 563 g/mol. The lowest BCUT2D eigenvalue weighted by Gasteiger charge is -2.14. The van der Waals surface area contributed by atoms with E-state index in [0.29, 0.717) is 38.8 Å². The molecule has 10 heteroatoms.